The van der Waals surface area contributed by atoms with Gasteiger partial charge in [0, 0.05) is 0 Å². The second-order valence-electron chi connectivity index (χ2n) is 6.11. The van der Waals surface area contributed by atoms with Crippen molar-refractivity contribution in [2.75, 3.05) is 0 Å². The summed E-state index contributed by atoms with van der Waals surface area (Å²) in [5.74, 6) is -3.43. The lowest BCUT2D eigenvalue weighted by Gasteiger charge is -2.16. The van der Waals surface area contributed by atoms with Crippen LogP contribution in [-0.4, -0.2) is 43.6 Å². The van der Waals surface area contributed by atoms with Gasteiger partial charge in [0.1, 0.15) is 22.6 Å². The minimum atomic E-state index is -1.31. The summed E-state index contributed by atoms with van der Waals surface area (Å²) < 4.78 is 0. The zero-order chi connectivity index (χ0) is 20.4. The van der Waals surface area contributed by atoms with Crippen molar-refractivity contribution in [3.63, 3.8) is 0 Å². The number of benzene rings is 2. The van der Waals surface area contributed by atoms with Crippen molar-refractivity contribution >= 4 is 17.5 Å². The minimum absolute atomic E-state index is 0.309. The average molecular weight is 380 g/mol. The number of carboxylic acids is 2. The average Bonchev–Trinajstić information content (AvgIpc) is 2.65. The van der Waals surface area contributed by atoms with Gasteiger partial charge in [0.15, 0.2) is 0 Å². The molecule has 0 spiro atoms. The Morgan fingerprint density at radius 1 is 0.750 bits per heavy atom. The monoisotopic (exact) mass is 380 g/mol. The summed E-state index contributed by atoms with van der Waals surface area (Å²) in [5, 5.41) is 47.8. The van der Waals surface area contributed by atoms with Crippen LogP contribution in [0.4, 0.5) is 0 Å². The maximum Gasteiger partial charge on any atom is 0.339 e. The molecule has 7 nitrogen and oxygen atoms in total. The summed E-state index contributed by atoms with van der Waals surface area (Å²) in [6, 6.07) is 8.04. The van der Waals surface area contributed by atoms with Crippen LogP contribution in [0.2, 0.25) is 0 Å². The zero-order valence-electron chi connectivity index (χ0n) is 14.4. The van der Waals surface area contributed by atoms with Gasteiger partial charge in [-0.25, -0.2) is 9.59 Å². The zero-order valence-corrected chi connectivity index (χ0v) is 14.4. The molecule has 5 N–H and O–H groups in total. The molecule has 0 unspecified atom stereocenters. The predicted octanol–water partition coefficient (Wildman–Crippen LogP) is 2.78. The van der Waals surface area contributed by atoms with E-state index in [1.165, 1.54) is 48.6 Å². The summed E-state index contributed by atoms with van der Waals surface area (Å²) in [5.41, 5.74) is 1.28. The third-order valence-corrected chi connectivity index (χ3v) is 4.27. The second kappa shape index (κ2) is 7.42. The van der Waals surface area contributed by atoms with Crippen molar-refractivity contribution in [2.45, 2.75) is 6.10 Å². The highest BCUT2D eigenvalue weighted by Gasteiger charge is 2.19. The number of allylic oxidation sites excluding steroid dienone is 3. The summed E-state index contributed by atoms with van der Waals surface area (Å²) in [4.78, 5) is 22.8. The van der Waals surface area contributed by atoms with Gasteiger partial charge in [-0.15, -0.1) is 0 Å². The largest absolute Gasteiger partial charge is 0.507 e. The van der Waals surface area contributed by atoms with E-state index in [4.69, 9.17) is 0 Å². The molecule has 0 aliphatic heterocycles. The maximum absolute atomic E-state index is 11.4. The first-order valence-corrected chi connectivity index (χ1v) is 8.20. The molecule has 0 aromatic heterocycles. The Hall–Kier alpha value is -3.84. The molecule has 0 saturated carbocycles. The van der Waals surface area contributed by atoms with Crippen LogP contribution in [-0.2, 0) is 0 Å². The molecular formula is C21H16O7. The maximum atomic E-state index is 11.4. The number of aliphatic hydroxyl groups is 1. The molecule has 0 bridgehead atoms. The minimum Gasteiger partial charge on any atom is -0.507 e. The second-order valence-corrected chi connectivity index (χ2v) is 6.11. The fourth-order valence-corrected chi connectivity index (χ4v) is 2.92. The van der Waals surface area contributed by atoms with Gasteiger partial charge in [-0.1, -0.05) is 36.4 Å². The number of aromatic hydroxyl groups is 2. The number of hydrogen-bond donors (Lipinski definition) is 5. The number of aromatic carboxylic acids is 2. The van der Waals surface area contributed by atoms with E-state index in [2.05, 4.69) is 0 Å². The molecule has 0 heterocycles. The molecule has 1 aliphatic carbocycles. The Labute approximate surface area is 159 Å². The Balaban J connectivity index is 2.28. The van der Waals surface area contributed by atoms with Crippen LogP contribution in [0.15, 0.2) is 66.3 Å². The summed E-state index contributed by atoms with van der Waals surface area (Å²) in [7, 11) is 0. The first-order chi connectivity index (χ1) is 13.3. The molecule has 7 heteroatoms. The lowest BCUT2D eigenvalue weighted by Crippen LogP contribution is -2.04. The molecule has 1 aliphatic rings. The van der Waals surface area contributed by atoms with E-state index in [0.29, 0.717) is 22.3 Å². The highest BCUT2D eigenvalue weighted by molar-refractivity contribution is 5.96. The topological polar surface area (TPSA) is 135 Å². The Kier molecular flexibility index (Phi) is 5.02. The van der Waals surface area contributed by atoms with E-state index in [9.17, 15) is 35.1 Å². The molecule has 28 heavy (non-hydrogen) atoms. The third-order valence-electron chi connectivity index (χ3n) is 4.27. The van der Waals surface area contributed by atoms with Gasteiger partial charge in [-0.05, 0) is 46.5 Å². The summed E-state index contributed by atoms with van der Waals surface area (Å²) in [6.07, 6.45) is 5.52. The van der Waals surface area contributed by atoms with Crippen LogP contribution in [0.3, 0.4) is 0 Å². The van der Waals surface area contributed by atoms with E-state index in [1.807, 2.05) is 0 Å². The summed E-state index contributed by atoms with van der Waals surface area (Å²) in [6.45, 7) is 0. The molecule has 0 radical (unpaired) electrons. The van der Waals surface area contributed by atoms with Gasteiger partial charge in [0.05, 0.1) is 6.10 Å². The van der Waals surface area contributed by atoms with Crippen LogP contribution in [0.1, 0.15) is 31.8 Å². The molecule has 2 aromatic rings. The molecule has 0 atom stereocenters. The van der Waals surface area contributed by atoms with Gasteiger partial charge in [0.2, 0.25) is 0 Å². The Morgan fingerprint density at radius 3 is 1.57 bits per heavy atom. The van der Waals surface area contributed by atoms with Crippen LogP contribution in [0.5, 0.6) is 11.5 Å². The number of carboxylic acid groups (broad SMARTS) is 2. The van der Waals surface area contributed by atoms with Crippen molar-refractivity contribution in [1.29, 1.82) is 0 Å². The lowest BCUT2D eigenvalue weighted by atomic mass is 9.89. The van der Waals surface area contributed by atoms with Crippen molar-refractivity contribution in [3.05, 3.63) is 88.5 Å². The number of carbonyl (C=O) groups is 2. The lowest BCUT2D eigenvalue weighted by molar-refractivity contribution is 0.0682. The van der Waals surface area contributed by atoms with Gasteiger partial charge in [-0.3, -0.25) is 0 Å². The molecule has 0 fully saturated rings. The molecule has 3 rings (SSSR count). The van der Waals surface area contributed by atoms with Crippen molar-refractivity contribution in [2.24, 2.45) is 0 Å². The molecule has 2 aromatic carbocycles. The highest BCUT2D eigenvalue weighted by Crippen LogP contribution is 2.34. The number of hydrogen-bond acceptors (Lipinski definition) is 5. The summed E-state index contributed by atoms with van der Waals surface area (Å²) >= 11 is 0. The van der Waals surface area contributed by atoms with Crippen molar-refractivity contribution in [3.8, 4) is 11.5 Å². The van der Waals surface area contributed by atoms with E-state index in [-0.39, 0.29) is 11.1 Å². The molecule has 0 amide bonds. The number of rotatable bonds is 4. The quantitative estimate of drug-likeness (QED) is 0.550. The highest BCUT2D eigenvalue weighted by atomic mass is 16.4. The normalized spacial score (nSPS) is 15.5. The van der Waals surface area contributed by atoms with Crippen LogP contribution in [0, 0.1) is 0 Å². The number of aliphatic hydroxyl groups excluding tert-OH is 1. The van der Waals surface area contributed by atoms with Gasteiger partial charge in [0.25, 0.3) is 0 Å². The van der Waals surface area contributed by atoms with Gasteiger partial charge >= 0.3 is 11.9 Å². The van der Waals surface area contributed by atoms with Crippen molar-refractivity contribution < 1.29 is 35.1 Å². The van der Waals surface area contributed by atoms with E-state index >= 15 is 0 Å². The molecule has 142 valence electrons. The van der Waals surface area contributed by atoms with E-state index < -0.39 is 29.5 Å². The van der Waals surface area contributed by atoms with Gasteiger partial charge in [-0.2, -0.15) is 0 Å². The Bertz CT molecular complexity index is 979. The van der Waals surface area contributed by atoms with E-state index in [0.717, 1.165) is 0 Å². The fraction of sp³-hybridized carbons (Fsp3) is 0.0476. The molecule has 0 saturated heterocycles. The third kappa shape index (κ3) is 3.65. The van der Waals surface area contributed by atoms with Crippen molar-refractivity contribution in [1.82, 2.24) is 0 Å². The predicted molar refractivity (Wildman–Crippen MR) is 100 cm³/mol. The van der Waals surface area contributed by atoms with Crippen LogP contribution >= 0.6 is 0 Å². The standard InChI is InChI=1S/C21H16O7/c22-14-5-1-11(2-6-14)19(12-3-7-17(23)15(9-12)20(25)26)13-4-8-18(24)16(10-13)21(27)28/h1-10,14,22-24H,(H,25,26)(H,27,28). The Morgan fingerprint density at radius 2 is 1.18 bits per heavy atom. The fourth-order valence-electron chi connectivity index (χ4n) is 2.92. The van der Waals surface area contributed by atoms with Gasteiger partial charge < -0.3 is 25.5 Å². The first kappa shape index (κ1) is 18.9. The van der Waals surface area contributed by atoms with E-state index in [1.54, 1.807) is 12.2 Å². The smallest absolute Gasteiger partial charge is 0.339 e. The SMILES string of the molecule is O=C(O)c1cc(C(=C2C=CC(O)C=C2)c2ccc(O)c(C(=O)O)c2)ccc1O. The molecular weight excluding hydrogens is 364 g/mol. The first-order valence-electron chi connectivity index (χ1n) is 8.20. The van der Waals surface area contributed by atoms with Crippen LogP contribution < -0.4 is 0 Å². The number of phenols is 2. The van der Waals surface area contributed by atoms with Crippen LogP contribution in [0.25, 0.3) is 5.57 Å².